The fourth-order valence-electron chi connectivity index (χ4n) is 0.897. The minimum Gasteiger partial charge on any atom is -0.478 e. The number of carboxylic acid groups (broad SMARTS) is 1. The van der Waals surface area contributed by atoms with Crippen LogP contribution in [0.25, 0.3) is 0 Å². The summed E-state index contributed by atoms with van der Waals surface area (Å²) in [5.41, 5.74) is 0. The summed E-state index contributed by atoms with van der Waals surface area (Å²) in [5, 5.41) is 12.7. The van der Waals surface area contributed by atoms with E-state index in [0.717, 1.165) is 6.08 Å². The quantitative estimate of drug-likeness (QED) is 0.565. The van der Waals surface area contributed by atoms with Crippen LogP contribution >= 0.6 is 0 Å². The van der Waals surface area contributed by atoms with E-state index in [9.17, 15) is 14.4 Å². The lowest BCUT2D eigenvalue weighted by Gasteiger charge is -2.13. The van der Waals surface area contributed by atoms with E-state index in [1.165, 1.54) is 0 Å². The molecule has 0 rings (SSSR count). The number of hydrogen-bond donors (Lipinski definition) is 3. The van der Waals surface area contributed by atoms with Crippen LogP contribution in [0.1, 0.15) is 13.8 Å². The van der Waals surface area contributed by atoms with E-state index < -0.39 is 17.9 Å². The number of amides is 3. The molecule has 3 N–H and O–H groups in total. The zero-order valence-corrected chi connectivity index (χ0v) is 9.73. The second-order valence-corrected chi connectivity index (χ2v) is 3.19. The Morgan fingerprint density at radius 2 is 2.00 bits per heavy atom. The van der Waals surface area contributed by atoms with E-state index in [1.807, 2.05) is 12.2 Å². The summed E-state index contributed by atoms with van der Waals surface area (Å²) in [4.78, 5) is 32.3. The van der Waals surface area contributed by atoms with E-state index in [2.05, 4.69) is 5.32 Å². The predicted molar refractivity (Wildman–Crippen MR) is 59.4 cm³/mol. The standard InChI is InChI=1S/C10H16N2O5/c1-3-17-6-7(2)11-10(16)12-8(13)4-5-9(14)15/h4-5,7H,3,6H2,1-2H3,(H,14,15)(H2,11,12,13,16). The lowest BCUT2D eigenvalue weighted by atomic mass is 10.4. The van der Waals surface area contributed by atoms with Gasteiger partial charge in [0.1, 0.15) is 0 Å². The van der Waals surface area contributed by atoms with Gasteiger partial charge in [0.2, 0.25) is 0 Å². The Morgan fingerprint density at radius 1 is 1.35 bits per heavy atom. The fraction of sp³-hybridized carbons (Fsp3) is 0.500. The monoisotopic (exact) mass is 244 g/mol. The number of carbonyl (C=O) groups excluding carboxylic acids is 2. The van der Waals surface area contributed by atoms with Crippen LogP contribution in [0.4, 0.5) is 4.79 Å². The van der Waals surface area contributed by atoms with Gasteiger partial charge in [-0.15, -0.1) is 0 Å². The third-order valence-electron chi connectivity index (χ3n) is 1.56. The number of nitrogens with one attached hydrogen (secondary N) is 2. The lowest BCUT2D eigenvalue weighted by Crippen LogP contribution is -2.44. The van der Waals surface area contributed by atoms with Crippen molar-refractivity contribution in [3.63, 3.8) is 0 Å². The number of carboxylic acids is 1. The van der Waals surface area contributed by atoms with Crippen LogP contribution in [-0.4, -0.2) is 42.3 Å². The van der Waals surface area contributed by atoms with Crippen LogP contribution in [0, 0.1) is 0 Å². The molecule has 96 valence electrons. The summed E-state index contributed by atoms with van der Waals surface area (Å²) < 4.78 is 5.06. The van der Waals surface area contributed by atoms with Crippen LogP contribution < -0.4 is 10.6 Å². The minimum absolute atomic E-state index is 0.244. The van der Waals surface area contributed by atoms with Crippen molar-refractivity contribution in [2.75, 3.05) is 13.2 Å². The molecule has 1 unspecified atom stereocenters. The summed E-state index contributed by atoms with van der Waals surface area (Å²) in [6, 6.07) is -0.941. The number of carbonyl (C=O) groups is 3. The lowest BCUT2D eigenvalue weighted by molar-refractivity contribution is -0.131. The van der Waals surface area contributed by atoms with Crippen molar-refractivity contribution in [3.8, 4) is 0 Å². The largest absolute Gasteiger partial charge is 0.478 e. The highest BCUT2D eigenvalue weighted by molar-refractivity contribution is 6.02. The van der Waals surface area contributed by atoms with E-state index in [-0.39, 0.29) is 6.04 Å². The molecule has 0 radical (unpaired) electrons. The molecule has 0 saturated carbocycles. The molecule has 0 aromatic heterocycles. The molecular weight excluding hydrogens is 228 g/mol. The number of urea groups is 1. The second kappa shape index (κ2) is 8.28. The van der Waals surface area contributed by atoms with Crippen LogP contribution in [0.3, 0.4) is 0 Å². The summed E-state index contributed by atoms with van der Waals surface area (Å²) >= 11 is 0. The van der Waals surface area contributed by atoms with Gasteiger partial charge in [0, 0.05) is 18.8 Å². The molecule has 1 atom stereocenters. The third-order valence-corrected chi connectivity index (χ3v) is 1.56. The van der Waals surface area contributed by atoms with Gasteiger partial charge in [0.15, 0.2) is 0 Å². The Bertz CT molecular complexity index is 314. The van der Waals surface area contributed by atoms with Gasteiger partial charge in [0.25, 0.3) is 5.91 Å². The van der Waals surface area contributed by atoms with Gasteiger partial charge < -0.3 is 15.2 Å². The Hall–Kier alpha value is -1.89. The topological polar surface area (TPSA) is 105 Å². The molecule has 0 bridgehead atoms. The zero-order chi connectivity index (χ0) is 13.3. The fourth-order valence-corrected chi connectivity index (χ4v) is 0.897. The van der Waals surface area contributed by atoms with E-state index in [4.69, 9.17) is 9.84 Å². The zero-order valence-electron chi connectivity index (χ0n) is 9.73. The van der Waals surface area contributed by atoms with Crippen LogP contribution in [0.5, 0.6) is 0 Å². The molecule has 0 aliphatic heterocycles. The van der Waals surface area contributed by atoms with Crippen LogP contribution in [0.2, 0.25) is 0 Å². The molecule has 7 nitrogen and oxygen atoms in total. The Morgan fingerprint density at radius 3 is 2.53 bits per heavy atom. The molecule has 7 heteroatoms. The molecule has 17 heavy (non-hydrogen) atoms. The van der Waals surface area contributed by atoms with Crippen LogP contribution in [-0.2, 0) is 14.3 Å². The SMILES string of the molecule is CCOCC(C)NC(=O)NC(=O)C=CC(=O)O. The second-order valence-electron chi connectivity index (χ2n) is 3.19. The first-order chi connectivity index (χ1) is 7.95. The van der Waals surface area contributed by atoms with Crippen molar-refractivity contribution in [2.24, 2.45) is 0 Å². The van der Waals surface area contributed by atoms with Gasteiger partial charge in [-0.1, -0.05) is 0 Å². The van der Waals surface area contributed by atoms with Crippen molar-refractivity contribution in [3.05, 3.63) is 12.2 Å². The maximum Gasteiger partial charge on any atom is 0.328 e. The van der Waals surface area contributed by atoms with Crippen LogP contribution in [0.15, 0.2) is 12.2 Å². The van der Waals surface area contributed by atoms with Crippen molar-refractivity contribution < 1.29 is 24.2 Å². The number of aliphatic carboxylic acids is 1. The third kappa shape index (κ3) is 9.06. The summed E-state index contributed by atoms with van der Waals surface area (Å²) in [6.07, 6.45) is 1.40. The average Bonchev–Trinajstić information content (AvgIpc) is 2.23. The molecule has 0 fully saturated rings. The van der Waals surface area contributed by atoms with Gasteiger partial charge >= 0.3 is 12.0 Å². The highest BCUT2D eigenvalue weighted by atomic mass is 16.5. The predicted octanol–water partition coefficient (Wildman–Crippen LogP) is -0.122. The molecule has 0 spiro atoms. The molecular formula is C10H16N2O5. The molecule has 0 aliphatic carbocycles. The van der Waals surface area contributed by atoms with Gasteiger partial charge in [-0.05, 0) is 13.8 Å². The van der Waals surface area contributed by atoms with Crippen molar-refractivity contribution in [2.45, 2.75) is 19.9 Å². The number of imide groups is 1. The van der Waals surface area contributed by atoms with Crippen molar-refractivity contribution in [1.82, 2.24) is 10.6 Å². The Balaban J connectivity index is 3.93. The first kappa shape index (κ1) is 15.1. The number of ether oxygens (including phenoxy) is 1. The maximum atomic E-state index is 11.2. The van der Waals surface area contributed by atoms with Gasteiger partial charge in [-0.2, -0.15) is 0 Å². The molecule has 0 aromatic rings. The molecule has 0 aliphatic rings. The number of rotatable bonds is 6. The normalized spacial score (nSPS) is 12.1. The highest BCUT2D eigenvalue weighted by Gasteiger charge is 2.08. The summed E-state index contributed by atoms with van der Waals surface area (Å²) in [5.74, 6) is -2.06. The van der Waals surface area contributed by atoms with E-state index in [0.29, 0.717) is 19.3 Å². The van der Waals surface area contributed by atoms with Crippen molar-refractivity contribution >= 4 is 17.9 Å². The Labute approximate surface area is 98.8 Å². The highest BCUT2D eigenvalue weighted by Crippen LogP contribution is 1.84. The van der Waals surface area contributed by atoms with Gasteiger partial charge in [-0.3, -0.25) is 10.1 Å². The molecule has 0 aromatic carbocycles. The minimum atomic E-state index is -1.26. The maximum absolute atomic E-state index is 11.2. The smallest absolute Gasteiger partial charge is 0.328 e. The first-order valence-electron chi connectivity index (χ1n) is 5.06. The molecule has 3 amide bonds. The average molecular weight is 244 g/mol. The summed E-state index contributed by atoms with van der Waals surface area (Å²) in [7, 11) is 0. The van der Waals surface area contributed by atoms with E-state index >= 15 is 0 Å². The molecule has 0 saturated heterocycles. The van der Waals surface area contributed by atoms with Gasteiger partial charge in [0.05, 0.1) is 12.6 Å². The summed E-state index contributed by atoms with van der Waals surface area (Å²) in [6.45, 7) is 4.41. The first-order valence-corrected chi connectivity index (χ1v) is 5.06. The van der Waals surface area contributed by atoms with Crippen molar-refractivity contribution in [1.29, 1.82) is 0 Å². The Kier molecular flexibility index (Phi) is 7.36. The number of hydrogen-bond acceptors (Lipinski definition) is 4. The van der Waals surface area contributed by atoms with Gasteiger partial charge in [-0.25, -0.2) is 9.59 Å². The van der Waals surface area contributed by atoms with E-state index in [1.54, 1.807) is 6.92 Å². The molecule has 0 heterocycles.